The molecule has 0 unspecified atom stereocenters. The molecule has 0 saturated heterocycles. The normalized spacial score (nSPS) is 17.5. The smallest absolute Gasteiger partial charge is 0.149 e. The first-order valence-electron chi connectivity index (χ1n) is 8.48. The number of hydrogen-bond acceptors (Lipinski definition) is 4. The SMILES string of the molecule is C[C@@H](NCC1=Cc2cc(Cl)ccc2OC1)c1nnc2n1CCCC2. The number of nitrogens with one attached hydrogen (secondary N) is 1. The molecule has 0 amide bonds. The van der Waals surface area contributed by atoms with Gasteiger partial charge in [-0.15, -0.1) is 10.2 Å². The summed E-state index contributed by atoms with van der Waals surface area (Å²) in [6.45, 7) is 4.53. The molecule has 2 aliphatic rings. The van der Waals surface area contributed by atoms with Crippen LogP contribution in [0.15, 0.2) is 23.8 Å². The van der Waals surface area contributed by atoms with E-state index >= 15 is 0 Å². The fourth-order valence-corrected chi connectivity index (χ4v) is 3.50. The third kappa shape index (κ3) is 3.06. The predicted molar refractivity (Wildman–Crippen MR) is 94.3 cm³/mol. The van der Waals surface area contributed by atoms with E-state index in [-0.39, 0.29) is 6.04 Å². The third-order valence-corrected chi connectivity index (χ3v) is 4.89. The lowest BCUT2D eigenvalue weighted by Gasteiger charge is -2.21. The third-order valence-electron chi connectivity index (χ3n) is 4.66. The van der Waals surface area contributed by atoms with Crippen molar-refractivity contribution in [3.8, 4) is 5.75 Å². The summed E-state index contributed by atoms with van der Waals surface area (Å²) in [6, 6.07) is 5.87. The van der Waals surface area contributed by atoms with Gasteiger partial charge in [-0.3, -0.25) is 0 Å². The standard InChI is InChI=1S/C18H21ClN4O/c1-12(18-22-21-17-4-2-3-7-23(17)18)20-10-13-8-14-9-15(19)5-6-16(14)24-11-13/h5-6,8-9,12,20H,2-4,7,10-11H2,1H3/t12-/m1/s1. The van der Waals surface area contributed by atoms with Crippen LogP contribution in [0.4, 0.5) is 0 Å². The number of benzene rings is 1. The van der Waals surface area contributed by atoms with E-state index in [4.69, 9.17) is 16.3 Å². The summed E-state index contributed by atoms with van der Waals surface area (Å²) in [5.41, 5.74) is 2.24. The van der Waals surface area contributed by atoms with Crippen LogP contribution in [0.5, 0.6) is 5.75 Å². The molecule has 1 atom stereocenters. The first-order chi connectivity index (χ1) is 11.7. The highest BCUT2D eigenvalue weighted by molar-refractivity contribution is 6.30. The monoisotopic (exact) mass is 344 g/mol. The van der Waals surface area contributed by atoms with Crippen molar-refractivity contribution in [3.63, 3.8) is 0 Å². The molecule has 2 aromatic rings. The van der Waals surface area contributed by atoms with Gasteiger partial charge in [0.2, 0.25) is 0 Å². The minimum Gasteiger partial charge on any atom is -0.489 e. The van der Waals surface area contributed by atoms with Gasteiger partial charge in [0, 0.05) is 30.1 Å². The number of ether oxygens (including phenoxy) is 1. The van der Waals surface area contributed by atoms with Gasteiger partial charge >= 0.3 is 0 Å². The minimum atomic E-state index is 0.158. The van der Waals surface area contributed by atoms with Crippen LogP contribution in [0, 0.1) is 0 Å². The van der Waals surface area contributed by atoms with E-state index in [1.54, 1.807) is 0 Å². The van der Waals surface area contributed by atoms with Crippen LogP contribution in [0.3, 0.4) is 0 Å². The van der Waals surface area contributed by atoms with E-state index in [2.05, 4.69) is 33.1 Å². The number of fused-ring (bicyclic) bond motifs is 2. The first kappa shape index (κ1) is 15.7. The van der Waals surface area contributed by atoms with Crippen molar-refractivity contribution in [1.29, 1.82) is 0 Å². The molecule has 24 heavy (non-hydrogen) atoms. The van der Waals surface area contributed by atoms with Crippen LogP contribution in [0.25, 0.3) is 6.08 Å². The molecule has 0 fully saturated rings. The Morgan fingerprint density at radius 3 is 3.17 bits per heavy atom. The van der Waals surface area contributed by atoms with E-state index in [9.17, 15) is 0 Å². The Balaban J connectivity index is 1.44. The van der Waals surface area contributed by atoms with Gasteiger partial charge in [0.05, 0.1) is 6.04 Å². The summed E-state index contributed by atoms with van der Waals surface area (Å²) in [6.07, 6.45) is 5.62. The van der Waals surface area contributed by atoms with Crippen LogP contribution < -0.4 is 10.1 Å². The van der Waals surface area contributed by atoms with Crippen molar-refractivity contribution in [2.45, 2.75) is 38.8 Å². The van der Waals surface area contributed by atoms with Crippen LogP contribution in [-0.2, 0) is 13.0 Å². The van der Waals surface area contributed by atoms with Crippen LogP contribution >= 0.6 is 11.6 Å². The molecule has 5 nitrogen and oxygen atoms in total. The van der Waals surface area contributed by atoms with E-state index in [1.165, 1.54) is 18.4 Å². The first-order valence-corrected chi connectivity index (χ1v) is 8.85. The zero-order valence-electron chi connectivity index (χ0n) is 13.8. The molecular formula is C18H21ClN4O. The summed E-state index contributed by atoms with van der Waals surface area (Å²) in [4.78, 5) is 0. The second-order valence-corrected chi connectivity index (χ2v) is 6.90. The van der Waals surface area contributed by atoms with E-state index in [1.807, 2.05) is 18.2 Å². The van der Waals surface area contributed by atoms with Crippen molar-refractivity contribution < 1.29 is 4.74 Å². The molecule has 4 rings (SSSR count). The summed E-state index contributed by atoms with van der Waals surface area (Å²) < 4.78 is 8.07. The summed E-state index contributed by atoms with van der Waals surface area (Å²) in [5, 5.41) is 13.0. The Morgan fingerprint density at radius 2 is 2.25 bits per heavy atom. The van der Waals surface area contributed by atoms with Gasteiger partial charge in [-0.05, 0) is 49.6 Å². The van der Waals surface area contributed by atoms with Crippen LogP contribution in [0.1, 0.15) is 43.0 Å². The quantitative estimate of drug-likeness (QED) is 0.923. The summed E-state index contributed by atoms with van der Waals surface area (Å²) in [5.74, 6) is 3.04. The molecule has 2 aliphatic heterocycles. The van der Waals surface area contributed by atoms with Crippen molar-refractivity contribution >= 4 is 17.7 Å². The van der Waals surface area contributed by atoms with Crippen molar-refractivity contribution in [2.75, 3.05) is 13.2 Å². The van der Waals surface area contributed by atoms with Gasteiger partial charge in [0.25, 0.3) is 0 Å². The Hall–Kier alpha value is -1.85. The largest absolute Gasteiger partial charge is 0.489 e. The molecule has 0 aliphatic carbocycles. The maximum absolute atomic E-state index is 6.07. The predicted octanol–water partition coefficient (Wildman–Crippen LogP) is 3.39. The maximum atomic E-state index is 6.07. The van der Waals surface area contributed by atoms with Gasteiger partial charge in [0.15, 0.2) is 0 Å². The van der Waals surface area contributed by atoms with Gasteiger partial charge in [-0.2, -0.15) is 0 Å². The Labute approximate surface area is 146 Å². The molecule has 126 valence electrons. The lowest BCUT2D eigenvalue weighted by Crippen LogP contribution is -2.27. The number of halogens is 1. The van der Waals surface area contributed by atoms with E-state index in [0.717, 1.165) is 47.5 Å². The molecular weight excluding hydrogens is 324 g/mol. The zero-order valence-corrected chi connectivity index (χ0v) is 14.5. The molecule has 0 bridgehead atoms. The second kappa shape index (κ2) is 6.57. The number of aryl methyl sites for hydroxylation is 1. The van der Waals surface area contributed by atoms with Crippen molar-refractivity contribution in [1.82, 2.24) is 20.1 Å². The maximum Gasteiger partial charge on any atom is 0.149 e. The Morgan fingerprint density at radius 1 is 1.33 bits per heavy atom. The fourth-order valence-electron chi connectivity index (χ4n) is 3.32. The molecule has 6 heteroatoms. The van der Waals surface area contributed by atoms with Crippen molar-refractivity contribution in [2.24, 2.45) is 0 Å². The summed E-state index contributed by atoms with van der Waals surface area (Å²) in [7, 11) is 0. The Kier molecular flexibility index (Phi) is 4.29. The zero-order chi connectivity index (χ0) is 16.5. The summed E-state index contributed by atoms with van der Waals surface area (Å²) >= 11 is 6.07. The lowest BCUT2D eigenvalue weighted by molar-refractivity contribution is 0.341. The lowest BCUT2D eigenvalue weighted by atomic mass is 10.1. The highest BCUT2D eigenvalue weighted by Crippen LogP contribution is 2.29. The molecule has 0 saturated carbocycles. The van der Waals surface area contributed by atoms with Crippen LogP contribution in [0.2, 0.25) is 5.02 Å². The topological polar surface area (TPSA) is 52.0 Å². The molecule has 0 radical (unpaired) electrons. The average Bonchev–Trinajstić information content (AvgIpc) is 3.03. The van der Waals surface area contributed by atoms with E-state index < -0.39 is 0 Å². The van der Waals surface area contributed by atoms with Gasteiger partial charge < -0.3 is 14.6 Å². The average molecular weight is 345 g/mol. The number of hydrogen-bond donors (Lipinski definition) is 1. The fraction of sp³-hybridized carbons (Fsp3) is 0.444. The van der Waals surface area contributed by atoms with Crippen molar-refractivity contribution in [3.05, 3.63) is 46.0 Å². The Bertz CT molecular complexity index is 783. The number of nitrogens with zero attached hydrogens (tertiary/aromatic N) is 3. The minimum absolute atomic E-state index is 0.158. The highest BCUT2D eigenvalue weighted by atomic mass is 35.5. The number of rotatable bonds is 4. The molecule has 0 spiro atoms. The van der Waals surface area contributed by atoms with Gasteiger partial charge in [-0.25, -0.2) is 0 Å². The van der Waals surface area contributed by atoms with E-state index in [0.29, 0.717) is 6.61 Å². The van der Waals surface area contributed by atoms with Gasteiger partial charge in [0.1, 0.15) is 24.0 Å². The molecule has 3 heterocycles. The van der Waals surface area contributed by atoms with Crippen LogP contribution in [-0.4, -0.2) is 27.9 Å². The second-order valence-electron chi connectivity index (χ2n) is 6.46. The molecule has 1 aromatic heterocycles. The number of aromatic nitrogens is 3. The molecule has 1 aromatic carbocycles. The highest BCUT2D eigenvalue weighted by Gasteiger charge is 2.20. The molecule has 1 N–H and O–H groups in total. The van der Waals surface area contributed by atoms with Gasteiger partial charge in [-0.1, -0.05) is 11.6 Å².